The minimum Gasteiger partial charge on any atom is -0.508 e. The zero-order chi connectivity index (χ0) is 17.6. The van der Waals surface area contributed by atoms with Gasteiger partial charge >= 0.3 is 5.97 Å². The third-order valence-electron chi connectivity index (χ3n) is 6.81. The Morgan fingerprint density at radius 2 is 2.16 bits per heavy atom. The first-order chi connectivity index (χ1) is 12.0. The van der Waals surface area contributed by atoms with Gasteiger partial charge in [0.25, 0.3) is 0 Å². The van der Waals surface area contributed by atoms with E-state index in [9.17, 15) is 9.90 Å². The summed E-state index contributed by atoms with van der Waals surface area (Å²) in [7, 11) is 0. The molecule has 1 aromatic carbocycles. The molecule has 25 heavy (non-hydrogen) atoms. The highest BCUT2D eigenvalue weighted by molar-refractivity contribution is 5.92. The number of benzene rings is 1. The van der Waals surface area contributed by atoms with Crippen molar-refractivity contribution in [2.45, 2.75) is 51.4 Å². The fraction of sp³-hybridized carbons (Fsp3) is 0.600. The van der Waals surface area contributed by atoms with Crippen molar-refractivity contribution < 1.29 is 19.8 Å². The predicted molar refractivity (Wildman–Crippen MR) is 93.7 cm³/mol. The standard InChI is InChI=1S/C20H25NO4/c1-20-9-8-15-14-5-3-13(22)10-12(14)2-4-16(15)17(20)6-7-18(20)21-25-11-19(23)24/h3,5,10,15-17,22H,2,4,6-9,11H2,1H3,(H,23,24)/b21-18+/t15-,16-,17+,20+/m1/s1. The average molecular weight is 343 g/mol. The molecule has 0 aliphatic heterocycles. The molecule has 134 valence electrons. The third-order valence-corrected chi connectivity index (χ3v) is 6.81. The van der Waals surface area contributed by atoms with Gasteiger partial charge in [-0.1, -0.05) is 18.1 Å². The summed E-state index contributed by atoms with van der Waals surface area (Å²) in [4.78, 5) is 15.7. The summed E-state index contributed by atoms with van der Waals surface area (Å²) in [6.07, 6.45) is 6.39. The first-order valence-corrected chi connectivity index (χ1v) is 9.22. The summed E-state index contributed by atoms with van der Waals surface area (Å²) in [6, 6.07) is 5.86. The molecule has 2 fully saturated rings. The van der Waals surface area contributed by atoms with Gasteiger partial charge in [-0.15, -0.1) is 0 Å². The Kier molecular flexibility index (Phi) is 3.97. The molecule has 2 N–H and O–H groups in total. The van der Waals surface area contributed by atoms with E-state index in [1.807, 2.05) is 12.1 Å². The number of hydrogen-bond acceptors (Lipinski definition) is 4. The van der Waals surface area contributed by atoms with Gasteiger partial charge in [-0.3, -0.25) is 0 Å². The topological polar surface area (TPSA) is 79.1 Å². The second-order valence-corrected chi connectivity index (χ2v) is 8.00. The first-order valence-electron chi connectivity index (χ1n) is 9.22. The number of oxime groups is 1. The minimum atomic E-state index is -0.986. The summed E-state index contributed by atoms with van der Waals surface area (Å²) in [6.45, 7) is 1.92. The van der Waals surface area contributed by atoms with Crippen LogP contribution >= 0.6 is 0 Å². The van der Waals surface area contributed by atoms with Gasteiger partial charge in [0.15, 0.2) is 0 Å². The van der Waals surface area contributed by atoms with E-state index in [2.05, 4.69) is 18.1 Å². The largest absolute Gasteiger partial charge is 0.508 e. The van der Waals surface area contributed by atoms with Crippen LogP contribution in [0.4, 0.5) is 0 Å². The zero-order valence-corrected chi connectivity index (χ0v) is 14.6. The van der Waals surface area contributed by atoms with Crippen LogP contribution in [0.25, 0.3) is 0 Å². The summed E-state index contributed by atoms with van der Waals surface area (Å²) in [5.41, 5.74) is 3.81. The molecule has 0 bridgehead atoms. The summed E-state index contributed by atoms with van der Waals surface area (Å²) in [5.74, 6) is 1.17. The van der Waals surface area contributed by atoms with Gasteiger partial charge in [-0.25, -0.2) is 4.79 Å². The van der Waals surface area contributed by atoms with E-state index in [-0.39, 0.29) is 12.0 Å². The van der Waals surface area contributed by atoms with E-state index in [0.717, 1.165) is 44.2 Å². The zero-order valence-electron chi connectivity index (χ0n) is 14.6. The van der Waals surface area contributed by atoms with E-state index in [1.54, 1.807) is 0 Å². The Labute approximate surface area is 147 Å². The van der Waals surface area contributed by atoms with Gasteiger partial charge in [0, 0.05) is 5.41 Å². The second kappa shape index (κ2) is 6.04. The SMILES string of the molecule is C[C@]12CC[C@@H]3c4ccc(O)cc4CC[C@H]3[C@@H]1CC/C2=N\OCC(=O)O. The van der Waals surface area contributed by atoms with Gasteiger partial charge in [0.2, 0.25) is 6.61 Å². The van der Waals surface area contributed by atoms with Crippen LogP contribution in [0.1, 0.15) is 56.1 Å². The van der Waals surface area contributed by atoms with Crippen molar-refractivity contribution in [1.29, 1.82) is 0 Å². The normalized spacial score (nSPS) is 34.9. The number of phenols is 1. The van der Waals surface area contributed by atoms with E-state index < -0.39 is 5.97 Å². The number of fused-ring (bicyclic) bond motifs is 5. The molecule has 5 nitrogen and oxygen atoms in total. The van der Waals surface area contributed by atoms with Crippen LogP contribution in [0, 0.1) is 17.3 Å². The molecule has 0 saturated heterocycles. The lowest BCUT2D eigenvalue weighted by molar-refractivity contribution is -0.142. The van der Waals surface area contributed by atoms with Crippen molar-refractivity contribution in [3.63, 3.8) is 0 Å². The fourth-order valence-corrected chi connectivity index (χ4v) is 5.67. The molecule has 0 spiro atoms. The molecule has 4 atom stereocenters. The Balaban J connectivity index is 1.58. The molecule has 4 rings (SSSR count). The molecule has 0 unspecified atom stereocenters. The Hall–Kier alpha value is -2.04. The van der Waals surface area contributed by atoms with Crippen molar-refractivity contribution in [1.82, 2.24) is 0 Å². The molecule has 0 heterocycles. The lowest BCUT2D eigenvalue weighted by Crippen LogP contribution is -2.42. The summed E-state index contributed by atoms with van der Waals surface area (Å²) < 4.78 is 0. The number of rotatable bonds is 3. The number of carbonyl (C=O) groups is 1. The maximum absolute atomic E-state index is 10.7. The molecular weight excluding hydrogens is 318 g/mol. The van der Waals surface area contributed by atoms with Gasteiger partial charge < -0.3 is 15.1 Å². The van der Waals surface area contributed by atoms with E-state index in [4.69, 9.17) is 9.94 Å². The Morgan fingerprint density at radius 1 is 1.32 bits per heavy atom. The van der Waals surface area contributed by atoms with Gasteiger partial charge in [0.1, 0.15) is 5.75 Å². The average Bonchev–Trinajstić information content (AvgIpc) is 2.91. The van der Waals surface area contributed by atoms with Crippen molar-refractivity contribution in [2.24, 2.45) is 22.4 Å². The number of phenolic OH excluding ortho intramolecular Hbond substituents is 1. The van der Waals surface area contributed by atoms with Gasteiger partial charge in [0.05, 0.1) is 5.71 Å². The maximum Gasteiger partial charge on any atom is 0.344 e. The van der Waals surface area contributed by atoms with Crippen LogP contribution in [0.5, 0.6) is 5.75 Å². The monoisotopic (exact) mass is 343 g/mol. The molecule has 0 aromatic heterocycles. The van der Waals surface area contributed by atoms with Crippen molar-refractivity contribution in [3.05, 3.63) is 29.3 Å². The highest BCUT2D eigenvalue weighted by atomic mass is 16.6. The molecule has 3 aliphatic carbocycles. The van der Waals surface area contributed by atoms with Crippen molar-refractivity contribution >= 4 is 11.7 Å². The summed E-state index contributed by atoms with van der Waals surface area (Å²) in [5, 5.41) is 22.7. The van der Waals surface area contributed by atoms with E-state index in [0.29, 0.717) is 23.5 Å². The molecule has 3 aliphatic rings. The third kappa shape index (κ3) is 2.70. The van der Waals surface area contributed by atoms with E-state index in [1.165, 1.54) is 11.1 Å². The number of carboxylic acids is 1. The maximum atomic E-state index is 10.7. The predicted octanol–water partition coefficient (Wildman–Crippen LogP) is 3.71. The van der Waals surface area contributed by atoms with Crippen LogP contribution in [-0.2, 0) is 16.1 Å². The quantitative estimate of drug-likeness (QED) is 0.820. The summed E-state index contributed by atoms with van der Waals surface area (Å²) >= 11 is 0. The molecule has 5 heteroatoms. The molecule has 0 radical (unpaired) electrons. The Morgan fingerprint density at radius 3 is 2.96 bits per heavy atom. The fourth-order valence-electron chi connectivity index (χ4n) is 5.67. The lowest BCUT2D eigenvalue weighted by Gasteiger charge is -2.49. The van der Waals surface area contributed by atoms with Crippen LogP contribution in [0.2, 0.25) is 0 Å². The van der Waals surface area contributed by atoms with Gasteiger partial charge in [-0.05, 0) is 79.5 Å². The highest BCUT2D eigenvalue weighted by Crippen LogP contribution is 2.59. The number of aromatic hydroxyl groups is 1. The number of aliphatic carboxylic acids is 1. The molecular formula is C20H25NO4. The number of nitrogens with zero attached hydrogens (tertiary/aromatic N) is 1. The molecule has 2 saturated carbocycles. The van der Waals surface area contributed by atoms with Crippen LogP contribution in [0.3, 0.4) is 0 Å². The van der Waals surface area contributed by atoms with Crippen LogP contribution < -0.4 is 0 Å². The first kappa shape index (κ1) is 16.4. The number of carboxylic acid groups (broad SMARTS) is 1. The molecule has 1 aromatic rings. The van der Waals surface area contributed by atoms with Crippen LogP contribution in [-0.4, -0.2) is 28.5 Å². The van der Waals surface area contributed by atoms with Gasteiger partial charge in [-0.2, -0.15) is 0 Å². The number of hydrogen-bond donors (Lipinski definition) is 2. The van der Waals surface area contributed by atoms with Crippen molar-refractivity contribution in [3.8, 4) is 5.75 Å². The van der Waals surface area contributed by atoms with E-state index >= 15 is 0 Å². The second-order valence-electron chi connectivity index (χ2n) is 8.00. The van der Waals surface area contributed by atoms with Crippen LogP contribution in [0.15, 0.2) is 23.4 Å². The molecule has 0 amide bonds. The minimum absolute atomic E-state index is 0.0358. The lowest BCUT2D eigenvalue weighted by atomic mass is 9.55. The Bertz CT molecular complexity index is 728. The van der Waals surface area contributed by atoms with Crippen molar-refractivity contribution in [2.75, 3.05) is 6.61 Å². The smallest absolute Gasteiger partial charge is 0.344 e. The highest BCUT2D eigenvalue weighted by Gasteiger charge is 2.53. The number of aryl methyl sites for hydroxylation is 1.